The summed E-state index contributed by atoms with van der Waals surface area (Å²) in [5.41, 5.74) is 0. The predicted molar refractivity (Wildman–Crippen MR) is 380 cm³/mol. The van der Waals surface area contributed by atoms with E-state index in [1.807, 2.05) is 6.08 Å². The van der Waals surface area contributed by atoms with Crippen molar-refractivity contribution in [2.45, 2.75) is 475 Å². The van der Waals surface area contributed by atoms with Crippen molar-refractivity contribution in [3.05, 3.63) is 12.2 Å². The Morgan fingerprint density at radius 2 is 0.535 bits per heavy atom. The topological polar surface area (TPSA) is 95.9 Å². The average Bonchev–Trinajstić information content (AvgIpc) is 3.60. The van der Waals surface area contributed by atoms with E-state index >= 15 is 0 Å². The Bertz CT molecular complexity index is 1300. The second kappa shape index (κ2) is 76.1. The van der Waals surface area contributed by atoms with Crippen LogP contribution in [0.5, 0.6) is 0 Å². The Hall–Kier alpha value is -1.40. The number of carbonyl (C=O) groups excluding carboxylic acids is 2. The van der Waals surface area contributed by atoms with Gasteiger partial charge in [-0.25, -0.2) is 0 Å². The van der Waals surface area contributed by atoms with E-state index in [1.165, 1.54) is 398 Å². The molecule has 2 unspecified atom stereocenters. The maximum absolute atomic E-state index is 12.5. The third kappa shape index (κ3) is 71.7. The van der Waals surface area contributed by atoms with Crippen LogP contribution in [-0.4, -0.2) is 47.4 Å². The Morgan fingerprint density at radius 1 is 0.314 bits per heavy atom. The largest absolute Gasteiger partial charge is 0.466 e. The molecule has 0 spiro atoms. The Morgan fingerprint density at radius 3 is 0.791 bits per heavy atom. The molecule has 0 saturated carbocycles. The molecule has 0 aromatic heterocycles. The van der Waals surface area contributed by atoms with Crippen molar-refractivity contribution in [1.29, 1.82) is 0 Å². The van der Waals surface area contributed by atoms with Crippen LogP contribution in [0.15, 0.2) is 12.2 Å². The molecule has 6 nitrogen and oxygen atoms in total. The lowest BCUT2D eigenvalue weighted by Crippen LogP contribution is -2.45. The Balaban J connectivity index is 3.33. The lowest BCUT2D eigenvalue weighted by Gasteiger charge is -2.20. The van der Waals surface area contributed by atoms with Gasteiger partial charge in [0.1, 0.15) is 0 Å². The molecular formula is C80H157NO5. The van der Waals surface area contributed by atoms with E-state index in [2.05, 4.69) is 19.2 Å². The number of aliphatic hydroxyl groups is 2. The van der Waals surface area contributed by atoms with Gasteiger partial charge in [-0.3, -0.25) is 9.59 Å². The number of allylic oxidation sites excluding steroid dienone is 1. The van der Waals surface area contributed by atoms with Crippen molar-refractivity contribution in [3.63, 3.8) is 0 Å². The summed E-state index contributed by atoms with van der Waals surface area (Å²) >= 11 is 0. The van der Waals surface area contributed by atoms with E-state index in [1.54, 1.807) is 6.08 Å². The molecule has 0 aliphatic rings. The maximum atomic E-state index is 12.5. The molecule has 512 valence electrons. The number of hydrogen-bond acceptors (Lipinski definition) is 5. The van der Waals surface area contributed by atoms with Gasteiger partial charge in [0.15, 0.2) is 0 Å². The van der Waals surface area contributed by atoms with Crippen LogP contribution >= 0.6 is 0 Å². The highest BCUT2D eigenvalue weighted by molar-refractivity contribution is 5.76. The molecule has 2 atom stereocenters. The standard InChI is InChI=1S/C80H157NO5/c1-3-5-7-9-11-13-15-17-19-21-22-37-41-44-48-52-56-60-64-68-72-78(83)77(76-82)81-79(84)73-69-65-61-57-53-49-45-42-38-35-33-31-29-27-25-23-24-26-28-30-32-34-36-39-43-47-51-55-59-63-67-71-75-86-80(85)74-70-66-62-58-54-50-46-40-20-18-16-14-12-10-8-6-4-2/h68,72,77-78,82-83H,3-67,69-71,73-76H2,1-2H3,(H,81,84)/b72-68+. The van der Waals surface area contributed by atoms with Crippen molar-refractivity contribution < 1.29 is 24.5 Å². The Labute approximate surface area is 539 Å². The summed E-state index contributed by atoms with van der Waals surface area (Å²) < 4.78 is 5.52. The molecule has 0 radical (unpaired) electrons. The molecule has 0 aromatic rings. The first-order chi connectivity index (χ1) is 42.5. The van der Waals surface area contributed by atoms with Crippen LogP contribution in [0.4, 0.5) is 0 Å². The van der Waals surface area contributed by atoms with Crippen molar-refractivity contribution >= 4 is 11.9 Å². The van der Waals surface area contributed by atoms with Crippen LogP contribution in [0.25, 0.3) is 0 Å². The van der Waals surface area contributed by atoms with Gasteiger partial charge in [-0.05, 0) is 32.1 Å². The fourth-order valence-corrected chi connectivity index (χ4v) is 13.0. The molecule has 0 saturated heterocycles. The number of hydrogen-bond donors (Lipinski definition) is 3. The van der Waals surface area contributed by atoms with Gasteiger partial charge in [-0.2, -0.15) is 0 Å². The molecular weight excluding hydrogens is 1050 g/mol. The normalized spacial score (nSPS) is 12.5. The molecule has 3 N–H and O–H groups in total. The predicted octanol–water partition coefficient (Wildman–Crippen LogP) is 26.3. The highest BCUT2D eigenvalue weighted by atomic mass is 16.5. The molecule has 0 heterocycles. The number of nitrogens with one attached hydrogen (secondary N) is 1. The van der Waals surface area contributed by atoms with Crippen molar-refractivity contribution in [3.8, 4) is 0 Å². The van der Waals surface area contributed by atoms with Gasteiger partial charge in [0.05, 0.1) is 25.4 Å². The third-order valence-corrected chi connectivity index (χ3v) is 19.1. The van der Waals surface area contributed by atoms with E-state index < -0.39 is 12.1 Å². The average molecular weight is 1210 g/mol. The summed E-state index contributed by atoms with van der Waals surface area (Å²) in [4.78, 5) is 24.7. The fraction of sp³-hybridized carbons (Fsp3) is 0.950. The number of esters is 1. The monoisotopic (exact) mass is 1210 g/mol. The quantitative estimate of drug-likeness (QED) is 0.0320. The van der Waals surface area contributed by atoms with Crippen LogP contribution in [0, 0.1) is 0 Å². The summed E-state index contributed by atoms with van der Waals surface area (Å²) in [6, 6.07) is -0.625. The first-order valence-corrected chi connectivity index (χ1v) is 40.0. The summed E-state index contributed by atoms with van der Waals surface area (Å²) in [7, 11) is 0. The van der Waals surface area contributed by atoms with Gasteiger partial charge < -0.3 is 20.3 Å². The molecule has 0 aliphatic carbocycles. The van der Waals surface area contributed by atoms with Crippen LogP contribution < -0.4 is 5.32 Å². The second-order valence-corrected chi connectivity index (χ2v) is 27.8. The molecule has 0 aliphatic heterocycles. The lowest BCUT2D eigenvalue weighted by atomic mass is 10.0. The van der Waals surface area contributed by atoms with E-state index in [0.29, 0.717) is 19.4 Å². The molecule has 0 fully saturated rings. The second-order valence-electron chi connectivity index (χ2n) is 27.8. The van der Waals surface area contributed by atoms with Gasteiger partial charge in [0.25, 0.3) is 0 Å². The van der Waals surface area contributed by atoms with E-state index in [0.717, 1.165) is 38.5 Å². The molecule has 1 amide bonds. The van der Waals surface area contributed by atoms with Crippen molar-refractivity contribution in [1.82, 2.24) is 5.32 Å². The fourth-order valence-electron chi connectivity index (χ4n) is 13.0. The van der Waals surface area contributed by atoms with E-state index in [4.69, 9.17) is 4.74 Å². The minimum absolute atomic E-state index is 0.0262. The minimum atomic E-state index is -0.842. The number of carbonyl (C=O) groups is 2. The molecule has 0 aromatic carbocycles. The zero-order valence-corrected chi connectivity index (χ0v) is 58.8. The first-order valence-electron chi connectivity index (χ1n) is 40.0. The zero-order chi connectivity index (χ0) is 62.0. The van der Waals surface area contributed by atoms with Crippen molar-refractivity contribution in [2.75, 3.05) is 13.2 Å². The van der Waals surface area contributed by atoms with Gasteiger partial charge in [0.2, 0.25) is 5.91 Å². The molecule has 6 heteroatoms. The van der Waals surface area contributed by atoms with Crippen LogP contribution in [0.1, 0.15) is 463 Å². The number of aliphatic hydroxyl groups excluding tert-OH is 2. The number of rotatable bonds is 76. The van der Waals surface area contributed by atoms with Crippen LogP contribution in [0.2, 0.25) is 0 Å². The van der Waals surface area contributed by atoms with Gasteiger partial charge in [-0.1, -0.05) is 431 Å². The summed E-state index contributed by atoms with van der Waals surface area (Å²) in [5, 5.41) is 23.3. The zero-order valence-electron chi connectivity index (χ0n) is 58.8. The minimum Gasteiger partial charge on any atom is -0.466 e. The highest BCUT2D eigenvalue weighted by Crippen LogP contribution is 2.20. The van der Waals surface area contributed by atoms with Gasteiger partial charge in [0, 0.05) is 12.8 Å². The molecule has 0 bridgehead atoms. The third-order valence-electron chi connectivity index (χ3n) is 19.1. The van der Waals surface area contributed by atoms with Gasteiger partial charge >= 0.3 is 5.97 Å². The summed E-state index contributed by atoms with van der Waals surface area (Å²) in [5.74, 6) is -0.0322. The molecule has 86 heavy (non-hydrogen) atoms. The van der Waals surface area contributed by atoms with Crippen LogP contribution in [0.3, 0.4) is 0 Å². The number of unbranched alkanes of at least 4 members (excludes halogenated alkanes) is 65. The summed E-state index contributed by atoms with van der Waals surface area (Å²) in [6.45, 7) is 4.97. The SMILES string of the molecule is CCCCCCCCCCCCCCCCCCCC/C=C/C(O)C(CO)NC(=O)CCCCCCCCCCCCCCCCCCCCCCCCCCCCCCCCCCOC(=O)CCCCCCCCCCCCCCCCCCC. The van der Waals surface area contributed by atoms with Crippen LogP contribution in [-0.2, 0) is 14.3 Å². The molecule has 0 rings (SSSR count). The van der Waals surface area contributed by atoms with Gasteiger partial charge in [-0.15, -0.1) is 0 Å². The smallest absolute Gasteiger partial charge is 0.305 e. The first kappa shape index (κ1) is 84.6. The number of ether oxygens (including phenoxy) is 1. The highest BCUT2D eigenvalue weighted by Gasteiger charge is 2.18. The van der Waals surface area contributed by atoms with E-state index in [-0.39, 0.29) is 18.5 Å². The Kier molecular flexibility index (Phi) is 74.8. The summed E-state index contributed by atoms with van der Waals surface area (Å²) in [6.07, 6.45) is 96.2. The van der Waals surface area contributed by atoms with Crippen molar-refractivity contribution in [2.24, 2.45) is 0 Å². The maximum Gasteiger partial charge on any atom is 0.305 e. The van der Waals surface area contributed by atoms with E-state index in [9.17, 15) is 19.8 Å². The number of amides is 1. The lowest BCUT2D eigenvalue weighted by molar-refractivity contribution is -0.143.